The normalized spacial score (nSPS) is 9.79. The van der Waals surface area contributed by atoms with Crippen LogP contribution in [0.1, 0.15) is 25.7 Å². The van der Waals surface area contributed by atoms with Gasteiger partial charge < -0.3 is 10.4 Å². The first-order valence-electron chi connectivity index (χ1n) is 4.64. The lowest BCUT2D eigenvalue weighted by Gasteiger charge is -2.03. The van der Waals surface area contributed by atoms with Crippen LogP contribution >= 0.6 is 11.8 Å². The van der Waals surface area contributed by atoms with E-state index in [4.69, 9.17) is 5.11 Å². The van der Waals surface area contributed by atoms with E-state index >= 15 is 0 Å². The highest BCUT2D eigenvalue weighted by atomic mass is 32.2. The van der Waals surface area contributed by atoms with Crippen molar-refractivity contribution in [3.05, 3.63) is 0 Å². The van der Waals surface area contributed by atoms with Crippen LogP contribution in [-0.4, -0.2) is 35.5 Å². The van der Waals surface area contributed by atoms with Crippen molar-refractivity contribution in [2.45, 2.75) is 25.7 Å². The van der Waals surface area contributed by atoms with Crippen LogP contribution in [0.5, 0.6) is 0 Å². The number of hydrogen-bond acceptors (Lipinski definition) is 3. The summed E-state index contributed by atoms with van der Waals surface area (Å²) in [6, 6.07) is 0. The lowest BCUT2D eigenvalue weighted by atomic mass is 10.3. The van der Waals surface area contributed by atoms with E-state index in [2.05, 4.69) is 5.32 Å². The molecule has 0 bridgehead atoms. The summed E-state index contributed by atoms with van der Waals surface area (Å²) in [7, 11) is 0. The zero-order valence-electron chi connectivity index (χ0n) is 8.41. The van der Waals surface area contributed by atoms with E-state index in [0.29, 0.717) is 19.4 Å². The first-order valence-corrected chi connectivity index (χ1v) is 6.03. The third-order valence-electron chi connectivity index (χ3n) is 1.64. The molecule has 5 heteroatoms. The van der Waals surface area contributed by atoms with E-state index in [1.165, 1.54) is 0 Å². The van der Waals surface area contributed by atoms with E-state index in [1.54, 1.807) is 11.8 Å². The number of aliphatic carboxylic acids is 1. The standard InChI is InChI=1S/C9H17NO3S/c1-14-7-3-4-8(11)10-6-2-5-9(12)13/h2-7H2,1H3,(H,10,11)(H,12,13). The summed E-state index contributed by atoms with van der Waals surface area (Å²) in [5, 5.41) is 11.0. The van der Waals surface area contributed by atoms with Gasteiger partial charge in [-0.25, -0.2) is 0 Å². The molecule has 1 amide bonds. The number of carbonyl (C=O) groups excluding carboxylic acids is 1. The molecule has 0 fully saturated rings. The number of amides is 1. The maximum atomic E-state index is 11.1. The molecule has 0 aromatic rings. The lowest BCUT2D eigenvalue weighted by molar-refractivity contribution is -0.137. The minimum atomic E-state index is -0.818. The molecule has 0 saturated carbocycles. The fourth-order valence-electron chi connectivity index (χ4n) is 0.933. The van der Waals surface area contributed by atoms with Crippen LogP contribution in [0, 0.1) is 0 Å². The van der Waals surface area contributed by atoms with Gasteiger partial charge in [-0.05, 0) is 24.9 Å². The van der Waals surface area contributed by atoms with Crippen molar-refractivity contribution in [1.29, 1.82) is 0 Å². The molecule has 14 heavy (non-hydrogen) atoms. The van der Waals surface area contributed by atoms with Gasteiger partial charge in [0.1, 0.15) is 0 Å². The van der Waals surface area contributed by atoms with Gasteiger partial charge in [0.15, 0.2) is 0 Å². The first kappa shape index (κ1) is 13.3. The Labute approximate surface area is 88.4 Å². The van der Waals surface area contributed by atoms with Gasteiger partial charge in [-0.2, -0.15) is 11.8 Å². The Hall–Kier alpha value is -0.710. The van der Waals surface area contributed by atoms with Crippen LogP contribution in [0.25, 0.3) is 0 Å². The molecular formula is C9H17NO3S. The number of carbonyl (C=O) groups is 2. The molecule has 82 valence electrons. The summed E-state index contributed by atoms with van der Waals surface area (Å²) < 4.78 is 0. The number of nitrogens with one attached hydrogen (secondary N) is 1. The Kier molecular flexibility index (Phi) is 8.42. The van der Waals surface area contributed by atoms with Crippen molar-refractivity contribution < 1.29 is 14.7 Å². The number of carboxylic acid groups (broad SMARTS) is 1. The maximum Gasteiger partial charge on any atom is 0.303 e. The monoisotopic (exact) mass is 219 g/mol. The Balaban J connectivity index is 3.22. The highest BCUT2D eigenvalue weighted by Gasteiger charge is 2.01. The second-order valence-corrected chi connectivity index (χ2v) is 3.93. The molecule has 0 aromatic carbocycles. The largest absolute Gasteiger partial charge is 0.481 e. The number of carboxylic acids is 1. The van der Waals surface area contributed by atoms with E-state index < -0.39 is 5.97 Å². The zero-order valence-corrected chi connectivity index (χ0v) is 9.23. The molecule has 4 nitrogen and oxygen atoms in total. The fourth-order valence-corrected chi connectivity index (χ4v) is 1.37. The molecule has 0 atom stereocenters. The smallest absolute Gasteiger partial charge is 0.303 e. The zero-order chi connectivity index (χ0) is 10.8. The van der Waals surface area contributed by atoms with Gasteiger partial charge in [-0.1, -0.05) is 0 Å². The summed E-state index contributed by atoms with van der Waals surface area (Å²) >= 11 is 1.72. The van der Waals surface area contributed by atoms with Gasteiger partial charge in [-0.15, -0.1) is 0 Å². The van der Waals surface area contributed by atoms with Crippen LogP contribution in [0.3, 0.4) is 0 Å². The lowest BCUT2D eigenvalue weighted by Crippen LogP contribution is -2.24. The minimum absolute atomic E-state index is 0.0180. The van der Waals surface area contributed by atoms with Crippen LogP contribution in [0.15, 0.2) is 0 Å². The molecular weight excluding hydrogens is 202 g/mol. The third kappa shape index (κ3) is 9.38. The first-order chi connectivity index (χ1) is 6.66. The Morgan fingerprint density at radius 1 is 1.29 bits per heavy atom. The van der Waals surface area contributed by atoms with Gasteiger partial charge in [0.2, 0.25) is 5.91 Å². The van der Waals surface area contributed by atoms with Gasteiger partial charge in [-0.3, -0.25) is 9.59 Å². The predicted molar refractivity (Wildman–Crippen MR) is 57.5 cm³/mol. The topological polar surface area (TPSA) is 66.4 Å². The molecule has 0 aliphatic heterocycles. The summed E-state index contributed by atoms with van der Waals surface area (Å²) in [5.74, 6) is 0.189. The second kappa shape index (κ2) is 8.87. The summed E-state index contributed by atoms with van der Waals surface area (Å²) in [6.07, 6.45) is 4.04. The fraction of sp³-hybridized carbons (Fsp3) is 0.778. The Bertz CT molecular complexity index is 185. The SMILES string of the molecule is CSCCCC(=O)NCCCC(=O)O. The molecule has 0 heterocycles. The van der Waals surface area contributed by atoms with E-state index in [1.807, 2.05) is 6.26 Å². The predicted octanol–water partition coefficient (Wildman–Crippen LogP) is 1.11. The molecule has 0 unspecified atom stereocenters. The van der Waals surface area contributed by atoms with E-state index in [9.17, 15) is 9.59 Å². The average Bonchev–Trinajstić information content (AvgIpc) is 2.13. The summed E-state index contributed by atoms with van der Waals surface area (Å²) in [5.41, 5.74) is 0. The molecule has 0 saturated heterocycles. The minimum Gasteiger partial charge on any atom is -0.481 e. The van der Waals surface area contributed by atoms with Crippen molar-refractivity contribution in [2.75, 3.05) is 18.6 Å². The summed E-state index contributed by atoms with van der Waals surface area (Å²) in [4.78, 5) is 21.2. The van der Waals surface area contributed by atoms with Gasteiger partial charge in [0, 0.05) is 19.4 Å². The van der Waals surface area contributed by atoms with Crippen LogP contribution in [0.2, 0.25) is 0 Å². The second-order valence-electron chi connectivity index (χ2n) is 2.94. The van der Waals surface area contributed by atoms with E-state index in [0.717, 1.165) is 12.2 Å². The molecule has 0 aliphatic carbocycles. The van der Waals surface area contributed by atoms with Crippen molar-refractivity contribution in [2.24, 2.45) is 0 Å². The van der Waals surface area contributed by atoms with Crippen LogP contribution < -0.4 is 5.32 Å². The van der Waals surface area contributed by atoms with Crippen LogP contribution in [-0.2, 0) is 9.59 Å². The average molecular weight is 219 g/mol. The molecule has 0 aliphatic rings. The van der Waals surface area contributed by atoms with Crippen molar-refractivity contribution in [3.8, 4) is 0 Å². The van der Waals surface area contributed by atoms with E-state index in [-0.39, 0.29) is 12.3 Å². The molecule has 2 N–H and O–H groups in total. The van der Waals surface area contributed by atoms with Gasteiger partial charge in [0.25, 0.3) is 0 Å². The van der Waals surface area contributed by atoms with Gasteiger partial charge in [0.05, 0.1) is 0 Å². The molecule has 0 rings (SSSR count). The molecule has 0 radical (unpaired) electrons. The van der Waals surface area contributed by atoms with Crippen molar-refractivity contribution in [1.82, 2.24) is 5.32 Å². The molecule has 0 spiro atoms. The maximum absolute atomic E-state index is 11.1. The highest BCUT2D eigenvalue weighted by molar-refractivity contribution is 7.98. The Morgan fingerprint density at radius 2 is 2.00 bits per heavy atom. The quantitative estimate of drug-likeness (QED) is 0.600. The summed E-state index contributed by atoms with van der Waals surface area (Å²) in [6.45, 7) is 0.463. The van der Waals surface area contributed by atoms with Crippen molar-refractivity contribution in [3.63, 3.8) is 0 Å². The number of rotatable bonds is 8. The van der Waals surface area contributed by atoms with Gasteiger partial charge >= 0.3 is 5.97 Å². The van der Waals surface area contributed by atoms with Crippen molar-refractivity contribution >= 4 is 23.6 Å². The van der Waals surface area contributed by atoms with Crippen LogP contribution in [0.4, 0.5) is 0 Å². The Morgan fingerprint density at radius 3 is 2.57 bits per heavy atom. The number of hydrogen-bond donors (Lipinski definition) is 2. The third-order valence-corrected chi connectivity index (χ3v) is 2.34. The highest BCUT2D eigenvalue weighted by Crippen LogP contribution is 1.98. The number of thioether (sulfide) groups is 1. The molecule has 0 aromatic heterocycles.